The minimum atomic E-state index is 0.433. The highest BCUT2D eigenvalue weighted by Gasteiger charge is 2.62. The molecule has 0 aromatic rings. The van der Waals surface area contributed by atoms with Gasteiger partial charge in [0.1, 0.15) is 0 Å². The number of rotatable bonds is 3. The second-order valence-electron chi connectivity index (χ2n) is 7.31. The molecule has 3 fully saturated rings. The maximum atomic E-state index is 6.41. The molecule has 17 heavy (non-hydrogen) atoms. The highest BCUT2D eigenvalue weighted by molar-refractivity contribution is 5.11. The molecule has 0 saturated heterocycles. The fourth-order valence-corrected chi connectivity index (χ4v) is 4.48. The Kier molecular flexibility index (Phi) is 2.61. The summed E-state index contributed by atoms with van der Waals surface area (Å²) in [5.74, 6) is 0.901. The minimum absolute atomic E-state index is 0.433. The summed E-state index contributed by atoms with van der Waals surface area (Å²) < 4.78 is 6.41. The standard InChI is InChI=1S/C15H27NO/c1-14(2)10-5-6-15(14,3)13(7-10)17-12-8-11(9-12)16-4/h10-13,16H,5-9H2,1-4H3. The van der Waals surface area contributed by atoms with Gasteiger partial charge >= 0.3 is 0 Å². The molecule has 3 aliphatic rings. The van der Waals surface area contributed by atoms with E-state index in [1.807, 2.05) is 0 Å². The van der Waals surface area contributed by atoms with Crippen molar-refractivity contribution in [3.05, 3.63) is 0 Å². The van der Waals surface area contributed by atoms with E-state index < -0.39 is 0 Å². The zero-order chi connectivity index (χ0) is 12.3. The third-order valence-corrected chi connectivity index (χ3v) is 6.57. The van der Waals surface area contributed by atoms with Gasteiger partial charge in [0.15, 0.2) is 0 Å². The van der Waals surface area contributed by atoms with Crippen LogP contribution in [0.3, 0.4) is 0 Å². The topological polar surface area (TPSA) is 21.3 Å². The first-order valence-corrected chi connectivity index (χ1v) is 7.30. The van der Waals surface area contributed by atoms with Gasteiger partial charge in [-0.1, -0.05) is 20.8 Å². The SMILES string of the molecule is CNC1CC(OC2CC3CCC2(C)C3(C)C)C1. The molecule has 3 saturated carbocycles. The van der Waals surface area contributed by atoms with Gasteiger partial charge in [-0.05, 0) is 55.9 Å². The molecule has 3 aliphatic carbocycles. The fourth-order valence-electron chi connectivity index (χ4n) is 4.48. The monoisotopic (exact) mass is 237 g/mol. The summed E-state index contributed by atoms with van der Waals surface area (Å²) >= 11 is 0. The third kappa shape index (κ3) is 1.53. The highest BCUT2D eigenvalue weighted by Crippen LogP contribution is 2.66. The van der Waals surface area contributed by atoms with E-state index in [0.717, 1.165) is 5.92 Å². The molecule has 2 nitrogen and oxygen atoms in total. The second kappa shape index (κ2) is 3.71. The van der Waals surface area contributed by atoms with E-state index in [0.29, 0.717) is 29.1 Å². The van der Waals surface area contributed by atoms with Gasteiger partial charge in [0.05, 0.1) is 12.2 Å². The maximum absolute atomic E-state index is 6.41. The van der Waals surface area contributed by atoms with Crippen LogP contribution in [0.5, 0.6) is 0 Å². The molecule has 3 rings (SSSR count). The van der Waals surface area contributed by atoms with Crippen molar-refractivity contribution >= 4 is 0 Å². The molecule has 2 heteroatoms. The molecule has 98 valence electrons. The van der Waals surface area contributed by atoms with Gasteiger partial charge in [-0.15, -0.1) is 0 Å². The predicted molar refractivity (Wildman–Crippen MR) is 70.0 cm³/mol. The molecular weight excluding hydrogens is 210 g/mol. The largest absolute Gasteiger partial charge is 0.374 e. The van der Waals surface area contributed by atoms with Gasteiger partial charge in [0.2, 0.25) is 0 Å². The first kappa shape index (κ1) is 12.0. The number of nitrogens with one attached hydrogen (secondary N) is 1. The molecule has 3 atom stereocenters. The van der Waals surface area contributed by atoms with E-state index in [1.54, 1.807) is 0 Å². The van der Waals surface area contributed by atoms with Crippen LogP contribution < -0.4 is 5.32 Å². The summed E-state index contributed by atoms with van der Waals surface area (Å²) in [6.07, 6.45) is 7.60. The van der Waals surface area contributed by atoms with Gasteiger partial charge in [-0.25, -0.2) is 0 Å². The van der Waals surface area contributed by atoms with Crippen LogP contribution >= 0.6 is 0 Å². The predicted octanol–water partition coefficient (Wildman–Crippen LogP) is 2.97. The lowest BCUT2D eigenvalue weighted by Gasteiger charge is -2.43. The maximum Gasteiger partial charge on any atom is 0.0640 e. The lowest BCUT2D eigenvalue weighted by Crippen LogP contribution is -2.48. The average molecular weight is 237 g/mol. The molecule has 2 bridgehead atoms. The van der Waals surface area contributed by atoms with E-state index in [2.05, 4.69) is 33.1 Å². The van der Waals surface area contributed by atoms with Crippen LogP contribution in [0.4, 0.5) is 0 Å². The Bertz CT molecular complexity index is 308. The smallest absolute Gasteiger partial charge is 0.0640 e. The molecule has 3 unspecified atom stereocenters. The Hall–Kier alpha value is -0.0800. The number of hydrogen-bond acceptors (Lipinski definition) is 2. The average Bonchev–Trinajstić information content (AvgIpc) is 2.55. The van der Waals surface area contributed by atoms with Crippen LogP contribution in [-0.4, -0.2) is 25.3 Å². The Morgan fingerprint density at radius 2 is 1.82 bits per heavy atom. The highest BCUT2D eigenvalue weighted by atomic mass is 16.5. The Balaban J connectivity index is 1.63. The van der Waals surface area contributed by atoms with Crippen molar-refractivity contribution in [2.24, 2.45) is 16.7 Å². The summed E-state index contributed by atoms with van der Waals surface area (Å²) in [7, 11) is 2.06. The molecular formula is C15H27NO. The van der Waals surface area contributed by atoms with E-state index in [1.165, 1.54) is 32.1 Å². The second-order valence-corrected chi connectivity index (χ2v) is 7.31. The first-order chi connectivity index (χ1) is 7.97. The number of ether oxygens (including phenoxy) is 1. The van der Waals surface area contributed by atoms with E-state index >= 15 is 0 Å². The minimum Gasteiger partial charge on any atom is -0.374 e. The molecule has 0 aromatic heterocycles. The Morgan fingerprint density at radius 1 is 1.12 bits per heavy atom. The third-order valence-electron chi connectivity index (χ3n) is 6.57. The van der Waals surface area contributed by atoms with Gasteiger partial charge in [-0.2, -0.15) is 0 Å². The summed E-state index contributed by atoms with van der Waals surface area (Å²) in [4.78, 5) is 0. The molecule has 0 spiro atoms. The fraction of sp³-hybridized carbons (Fsp3) is 1.00. The van der Waals surface area contributed by atoms with Crippen LogP contribution in [0.15, 0.2) is 0 Å². The molecule has 0 heterocycles. The first-order valence-electron chi connectivity index (χ1n) is 7.30. The van der Waals surface area contributed by atoms with Gasteiger partial charge in [0.25, 0.3) is 0 Å². The number of fused-ring (bicyclic) bond motifs is 2. The van der Waals surface area contributed by atoms with E-state index in [9.17, 15) is 0 Å². The molecule has 0 amide bonds. The van der Waals surface area contributed by atoms with Crippen LogP contribution in [0.25, 0.3) is 0 Å². The normalized spacial score (nSPS) is 51.5. The molecule has 0 aromatic carbocycles. The van der Waals surface area contributed by atoms with Crippen LogP contribution in [0, 0.1) is 16.7 Å². The van der Waals surface area contributed by atoms with Crippen molar-refractivity contribution in [1.29, 1.82) is 0 Å². The summed E-state index contributed by atoms with van der Waals surface area (Å²) in [6, 6.07) is 0.708. The molecule has 0 radical (unpaired) electrons. The molecule has 0 aliphatic heterocycles. The zero-order valence-corrected chi connectivity index (χ0v) is 11.8. The molecule has 1 N–H and O–H groups in total. The van der Waals surface area contributed by atoms with Gasteiger partial charge < -0.3 is 10.1 Å². The van der Waals surface area contributed by atoms with Crippen molar-refractivity contribution in [2.75, 3.05) is 7.05 Å². The Labute approximate surface area is 105 Å². The summed E-state index contributed by atoms with van der Waals surface area (Å²) in [5, 5.41) is 3.34. The van der Waals surface area contributed by atoms with Crippen LogP contribution in [0.2, 0.25) is 0 Å². The van der Waals surface area contributed by atoms with Crippen LogP contribution in [0.1, 0.15) is 52.9 Å². The van der Waals surface area contributed by atoms with E-state index in [4.69, 9.17) is 4.74 Å². The van der Waals surface area contributed by atoms with Crippen molar-refractivity contribution in [2.45, 2.75) is 71.1 Å². The number of hydrogen-bond donors (Lipinski definition) is 1. The Morgan fingerprint density at radius 3 is 2.29 bits per heavy atom. The zero-order valence-electron chi connectivity index (χ0n) is 11.8. The van der Waals surface area contributed by atoms with Crippen molar-refractivity contribution < 1.29 is 4.74 Å². The van der Waals surface area contributed by atoms with Gasteiger partial charge in [-0.3, -0.25) is 0 Å². The van der Waals surface area contributed by atoms with Crippen LogP contribution in [-0.2, 0) is 4.74 Å². The van der Waals surface area contributed by atoms with Crippen molar-refractivity contribution in [3.63, 3.8) is 0 Å². The summed E-state index contributed by atoms with van der Waals surface area (Å²) in [5.41, 5.74) is 0.923. The summed E-state index contributed by atoms with van der Waals surface area (Å²) in [6.45, 7) is 7.40. The van der Waals surface area contributed by atoms with Crippen molar-refractivity contribution in [3.8, 4) is 0 Å². The van der Waals surface area contributed by atoms with Crippen molar-refractivity contribution in [1.82, 2.24) is 5.32 Å². The quantitative estimate of drug-likeness (QED) is 0.815. The lowest BCUT2D eigenvalue weighted by molar-refractivity contribution is -0.118. The van der Waals surface area contributed by atoms with Gasteiger partial charge in [0, 0.05) is 6.04 Å². The lowest BCUT2D eigenvalue weighted by atomic mass is 9.70. The van der Waals surface area contributed by atoms with E-state index in [-0.39, 0.29) is 0 Å².